The quantitative estimate of drug-likeness (QED) is 0.825. The Kier molecular flexibility index (Phi) is 6.96. The second-order valence-electron chi connectivity index (χ2n) is 7.35. The van der Waals surface area contributed by atoms with Crippen molar-refractivity contribution in [3.63, 3.8) is 0 Å². The van der Waals surface area contributed by atoms with Crippen LogP contribution in [0.3, 0.4) is 0 Å². The minimum Gasteiger partial charge on any atom is -0.333 e. The maximum absolute atomic E-state index is 13.5. The molecule has 1 aliphatic rings. The first kappa shape index (κ1) is 19.5. The summed E-state index contributed by atoms with van der Waals surface area (Å²) in [6, 6.07) is 15.7. The van der Waals surface area contributed by atoms with Crippen LogP contribution in [0.15, 0.2) is 54.7 Å². The number of rotatable bonds is 6. The van der Waals surface area contributed by atoms with Crippen molar-refractivity contribution in [3.05, 3.63) is 66.0 Å². The SMILES string of the molecule is CC(C(=O)N(Cc1ccccn1)C1CCCNCC1)C(N)c1ccccc1. The van der Waals surface area contributed by atoms with E-state index in [1.807, 2.05) is 60.4 Å². The first-order valence-electron chi connectivity index (χ1n) is 9.88. The minimum atomic E-state index is -0.311. The van der Waals surface area contributed by atoms with Gasteiger partial charge in [0.2, 0.25) is 5.91 Å². The van der Waals surface area contributed by atoms with Crippen LogP contribution in [0.5, 0.6) is 0 Å². The topological polar surface area (TPSA) is 71.2 Å². The number of hydrogen-bond donors (Lipinski definition) is 2. The first-order chi connectivity index (χ1) is 13.2. The van der Waals surface area contributed by atoms with Crippen LogP contribution in [-0.2, 0) is 11.3 Å². The summed E-state index contributed by atoms with van der Waals surface area (Å²) >= 11 is 0. The molecular formula is C22H30N4O. The van der Waals surface area contributed by atoms with Crippen LogP contribution in [0.1, 0.15) is 43.5 Å². The number of benzene rings is 1. The highest BCUT2D eigenvalue weighted by Crippen LogP contribution is 2.25. The van der Waals surface area contributed by atoms with Crippen LogP contribution >= 0.6 is 0 Å². The molecule has 5 heteroatoms. The van der Waals surface area contributed by atoms with Gasteiger partial charge in [-0.1, -0.05) is 43.3 Å². The Bertz CT molecular complexity index is 699. The fourth-order valence-electron chi connectivity index (χ4n) is 3.74. The van der Waals surface area contributed by atoms with E-state index in [-0.39, 0.29) is 23.9 Å². The molecule has 27 heavy (non-hydrogen) atoms. The molecule has 1 aromatic heterocycles. The van der Waals surface area contributed by atoms with E-state index >= 15 is 0 Å². The van der Waals surface area contributed by atoms with Gasteiger partial charge in [0.05, 0.1) is 18.2 Å². The van der Waals surface area contributed by atoms with Crippen LogP contribution in [0, 0.1) is 5.92 Å². The lowest BCUT2D eigenvalue weighted by atomic mass is 9.93. The Balaban J connectivity index is 1.80. The second kappa shape index (κ2) is 9.62. The van der Waals surface area contributed by atoms with Crippen molar-refractivity contribution >= 4 is 5.91 Å². The van der Waals surface area contributed by atoms with Gasteiger partial charge in [0.15, 0.2) is 0 Å². The highest BCUT2D eigenvalue weighted by atomic mass is 16.2. The summed E-state index contributed by atoms with van der Waals surface area (Å²) in [5, 5.41) is 3.43. The van der Waals surface area contributed by atoms with Gasteiger partial charge in [-0.3, -0.25) is 9.78 Å². The number of nitrogens with two attached hydrogens (primary N) is 1. The zero-order valence-electron chi connectivity index (χ0n) is 16.1. The van der Waals surface area contributed by atoms with Gasteiger partial charge in [0.25, 0.3) is 0 Å². The number of pyridine rings is 1. The molecule has 0 spiro atoms. The van der Waals surface area contributed by atoms with Gasteiger partial charge in [0, 0.05) is 18.3 Å². The van der Waals surface area contributed by atoms with Gasteiger partial charge in [0.1, 0.15) is 0 Å². The molecule has 0 radical (unpaired) electrons. The first-order valence-corrected chi connectivity index (χ1v) is 9.88. The Morgan fingerprint density at radius 1 is 1.19 bits per heavy atom. The zero-order chi connectivity index (χ0) is 19.1. The third kappa shape index (κ3) is 5.15. The number of nitrogens with one attached hydrogen (secondary N) is 1. The van der Waals surface area contributed by atoms with E-state index in [4.69, 9.17) is 5.73 Å². The van der Waals surface area contributed by atoms with Crippen molar-refractivity contribution in [2.45, 2.75) is 44.8 Å². The Morgan fingerprint density at radius 3 is 2.70 bits per heavy atom. The molecule has 1 saturated heterocycles. The molecule has 1 aliphatic heterocycles. The largest absolute Gasteiger partial charge is 0.333 e. The van der Waals surface area contributed by atoms with Crippen molar-refractivity contribution in [2.24, 2.45) is 11.7 Å². The van der Waals surface area contributed by atoms with Crippen LogP contribution in [-0.4, -0.2) is 34.9 Å². The van der Waals surface area contributed by atoms with E-state index < -0.39 is 0 Å². The summed E-state index contributed by atoms with van der Waals surface area (Å²) in [6.45, 7) is 4.44. The maximum Gasteiger partial charge on any atom is 0.227 e. The van der Waals surface area contributed by atoms with Gasteiger partial charge in [-0.2, -0.15) is 0 Å². The lowest BCUT2D eigenvalue weighted by Crippen LogP contribution is -2.45. The molecule has 3 unspecified atom stereocenters. The molecule has 1 amide bonds. The van der Waals surface area contributed by atoms with Crippen LogP contribution in [0.25, 0.3) is 0 Å². The van der Waals surface area contributed by atoms with Crippen molar-refractivity contribution in [2.75, 3.05) is 13.1 Å². The number of carbonyl (C=O) groups is 1. The van der Waals surface area contributed by atoms with Crippen LogP contribution in [0.4, 0.5) is 0 Å². The number of hydrogen-bond acceptors (Lipinski definition) is 4. The molecule has 3 atom stereocenters. The molecule has 3 N–H and O–H groups in total. The second-order valence-corrected chi connectivity index (χ2v) is 7.35. The number of nitrogens with zero attached hydrogens (tertiary/aromatic N) is 2. The number of aromatic nitrogens is 1. The van der Waals surface area contributed by atoms with Crippen LogP contribution < -0.4 is 11.1 Å². The van der Waals surface area contributed by atoms with Crippen molar-refractivity contribution in [1.29, 1.82) is 0 Å². The monoisotopic (exact) mass is 366 g/mol. The molecule has 5 nitrogen and oxygen atoms in total. The van der Waals surface area contributed by atoms with E-state index in [1.165, 1.54) is 0 Å². The molecule has 144 valence electrons. The summed E-state index contributed by atoms with van der Waals surface area (Å²) in [5.41, 5.74) is 8.37. The van der Waals surface area contributed by atoms with Crippen molar-refractivity contribution in [3.8, 4) is 0 Å². The summed E-state index contributed by atoms with van der Waals surface area (Å²) < 4.78 is 0. The molecule has 2 heterocycles. The van der Waals surface area contributed by atoms with E-state index in [2.05, 4.69) is 10.3 Å². The van der Waals surface area contributed by atoms with E-state index in [0.717, 1.165) is 43.6 Å². The van der Waals surface area contributed by atoms with Gasteiger partial charge >= 0.3 is 0 Å². The molecular weight excluding hydrogens is 336 g/mol. The van der Waals surface area contributed by atoms with Crippen molar-refractivity contribution < 1.29 is 4.79 Å². The van der Waals surface area contributed by atoms with Crippen LogP contribution in [0.2, 0.25) is 0 Å². The molecule has 3 rings (SSSR count). The van der Waals surface area contributed by atoms with Gasteiger partial charge in [-0.05, 0) is 50.0 Å². The summed E-state index contributed by atoms with van der Waals surface area (Å²) in [4.78, 5) is 19.9. The van der Waals surface area contributed by atoms with Crippen molar-refractivity contribution in [1.82, 2.24) is 15.2 Å². The smallest absolute Gasteiger partial charge is 0.227 e. The zero-order valence-corrected chi connectivity index (χ0v) is 16.1. The van der Waals surface area contributed by atoms with E-state index in [9.17, 15) is 4.79 Å². The standard InChI is InChI=1S/C22H30N4O/c1-17(21(23)18-8-3-2-4-9-18)22(27)26(16-19-10-5-6-14-25-19)20-11-7-13-24-15-12-20/h2-6,8-10,14,17,20-21,24H,7,11-13,15-16,23H2,1H3. The van der Waals surface area contributed by atoms with E-state index in [1.54, 1.807) is 6.20 Å². The lowest BCUT2D eigenvalue weighted by Gasteiger charge is -2.34. The average Bonchev–Trinajstić information content (AvgIpc) is 3.01. The van der Waals surface area contributed by atoms with Gasteiger partial charge in [-0.25, -0.2) is 0 Å². The average molecular weight is 367 g/mol. The fourth-order valence-corrected chi connectivity index (χ4v) is 3.74. The van der Waals surface area contributed by atoms with Gasteiger partial charge < -0.3 is 16.0 Å². The Hall–Kier alpha value is -2.24. The molecule has 0 bridgehead atoms. The molecule has 1 fully saturated rings. The minimum absolute atomic E-state index is 0.115. The highest BCUT2D eigenvalue weighted by molar-refractivity contribution is 5.79. The Labute approximate surface area is 162 Å². The Morgan fingerprint density at radius 2 is 1.96 bits per heavy atom. The highest BCUT2D eigenvalue weighted by Gasteiger charge is 2.31. The normalized spacial score (nSPS) is 19.7. The summed E-state index contributed by atoms with van der Waals surface area (Å²) in [7, 11) is 0. The maximum atomic E-state index is 13.5. The molecule has 0 aliphatic carbocycles. The molecule has 0 saturated carbocycles. The molecule has 1 aromatic carbocycles. The number of amides is 1. The number of carbonyl (C=O) groups excluding carboxylic acids is 1. The molecule has 2 aromatic rings. The predicted molar refractivity (Wildman–Crippen MR) is 108 cm³/mol. The summed E-state index contributed by atoms with van der Waals surface area (Å²) in [5.74, 6) is -0.170. The van der Waals surface area contributed by atoms with Gasteiger partial charge in [-0.15, -0.1) is 0 Å². The third-order valence-corrected chi connectivity index (χ3v) is 5.44. The fraction of sp³-hybridized carbons (Fsp3) is 0.455. The third-order valence-electron chi connectivity index (χ3n) is 5.44. The predicted octanol–water partition coefficient (Wildman–Crippen LogP) is 2.89. The summed E-state index contributed by atoms with van der Waals surface area (Å²) in [6.07, 6.45) is 4.84. The lowest BCUT2D eigenvalue weighted by molar-refractivity contribution is -0.139. The van der Waals surface area contributed by atoms with E-state index in [0.29, 0.717) is 6.54 Å².